The third kappa shape index (κ3) is 2.98. The zero-order valence-electron chi connectivity index (χ0n) is 15.5. The topological polar surface area (TPSA) is 73.8 Å². The average Bonchev–Trinajstić information content (AvgIpc) is 2.76. The first-order valence-electron chi connectivity index (χ1n) is 9.13. The summed E-state index contributed by atoms with van der Waals surface area (Å²) in [6.45, 7) is 0. The minimum atomic E-state index is -0.543. The predicted octanol–water partition coefficient (Wildman–Crippen LogP) is 4.98. The third-order valence-electron chi connectivity index (χ3n) is 5.00. The van der Waals surface area contributed by atoms with Gasteiger partial charge in [-0.3, -0.25) is 14.3 Å². The summed E-state index contributed by atoms with van der Waals surface area (Å²) in [6, 6.07) is 16.8. The fourth-order valence-corrected chi connectivity index (χ4v) is 3.72. The van der Waals surface area contributed by atoms with Crippen LogP contribution < -0.4 is 11.3 Å². The predicted molar refractivity (Wildman–Crippen MR) is 117 cm³/mol. The van der Waals surface area contributed by atoms with Crippen molar-refractivity contribution in [3.05, 3.63) is 94.3 Å². The van der Waals surface area contributed by atoms with Crippen molar-refractivity contribution in [1.82, 2.24) is 14.5 Å². The number of benzene rings is 2. The molecule has 5 rings (SSSR count). The molecule has 3 aromatic heterocycles. The molecule has 0 aliphatic carbocycles. The number of nitrogens with zero attached hydrogens (tertiary/aromatic N) is 3. The van der Waals surface area contributed by atoms with Crippen LogP contribution in [0, 0.1) is 5.82 Å². The van der Waals surface area contributed by atoms with Crippen molar-refractivity contribution in [3.8, 4) is 16.8 Å². The van der Waals surface area contributed by atoms with E-state index in [1.807, 2.05) is 24.3 Å². The summed E-state index contributed by atoms with van der Waals surface area (Å²) >= 11 is 5.98. The second kappa shape index (κ2) is 6.93. The lowest BCUT2D eigenvalue weighted by molar-refractivity contribution is 0.628. The van der Waals surface area contributed by atoms with Crippen molar-refractivity contribution >= 4 is 39.2 Å². The molecule has 0 saturated heterocycles. The van der Waals surface area contributed by atoms with Crippen molar-refractivity contribution in [2.24, 2.45) is 0 Å². The largest absolute Gasteiger partial charge is 0.384 e. The van der Waals surface area contributed by atoms with E-state index in [-0.39, 0.29) is 10.6 Å². The highest BCUT2D eigenvalue weighted by Gasteiger charge is 2.13. The maximum Gasteiger partial charge on any atom is 0.255 e. The Morgan fingerprint density at radius 3 is 2.50 bits per heavy atom. The van der Waals surface area contributed by atoms with Gasteiger partial charge in [0.25, 0.3) is 5.56 Å². The van der Waals surface area contributed by atoms with Gasteiger partial charge in [0.1, 0.15) is 11.6 Å². The number of nitrogens with two attached hydrogens (primary N) is 1. The van der Waals surface area contributed by atoms with Crippen molar-refractivity contribution in [2.45, 2.75) is 0 Å². The van der Waals surface area contributed by atoms with Crippen LogP contribution in [0.1, 0.15) is 0 Å². The van der Waals surface area contributed by atoms with Gasteiger partial charge in [0, 0.05) is 34.8 Å². The smallest absolute Gasteiger partial charge is 0.255 e. The Morgan fingerprint density at radius 2 is 1.73 bits per heavy atom. The number of hydrogen-bond donors (Lipinski definition) is 1. The summed E-state index contributed by atoms with van der Waals surface area (Å²) in [6.07, 6.45) is 3.41. The molecule has 0 amide bonds. The second-order valence-electron chi connectivity index (χ2n) is 6.87. The highest BCUT2D eigenvalue weighted by atomic mass is 35.5. The highest BCUT2D eigenvalue weighted by molar-refractivity contribution is 6.30. The van der Waals surface area contributed by atoms with E-state index in [1.54, 1.807) is 24.5 Å². The van der Waals surface area contributed by atoms with Crippen molar-refractivity contribution in [1.29, 1.82) is 0 Å². The fourth-order valence-electron chi connectivity index (χ4n) is 3.55. The van der Waals surface area contributed by atoms with E-state index in [0.717, 1.165) is 27.4 Å². The number of anilines is 1. The lowest BCUT2D eigenvalue weighted by Gasteiger charge is -2.14. The van der Waals surface area contributed by atoms with Crippen LogP contribution >= 0.6 is 11.6 Å². The van der Waals surface area contributed by atoms with E-state index in [9.17, 15) is 9.18 Å². The van der Waals surface area contributed by atoms with Crippen LogP contribution in [0.3, 0.4) is 0 Å². The van der Waals surface area contributed by atoms with Crippen LogP contribution in [0.15, 0.2) is 77.9 Å². The summed E-state index contributed by atoms with van der Waals surface area (Å²) in [4.78, 5) is 21.5. The van der Waals surface area contributed by atoms with Crippen molar-refractivity contribution in [3.63, 3.8) is 0 Å². The van der Waals surface area contributed by atoms with Gasteiger partial charge in [0.15, 0.2) is 0 Å². The summed E-state index contributed by atoms with van der Waals surface area (Å²) in [7, 11) is 0. The lowest BCUT2D eigenvalue weighted by atomic mass is 10.0. The minimum absolute atomic E-state index is 0.0524. The first-order chi connectivity index (χ1) is 14.5. The molecule has 3 heterocycles. The van der Waals surface area contributed by atoms with Crippen molar-refractivity contribution < 1.29 is 4.39 Å². The molecule has 0 spiro atoms. The Kier molecular flexibility index (Phi) is 4.22. The monoisotopic (exact) mass is 416 g/mol. The Hall–Kier alpha value is -3.77. The molecule has 30 heavy (non-hydrogen) atoms. The first kappa shape index (κ1) is 18.3. The van der Waals surface area contributed by atoms with Crippen LogP contribution in [0.5, 0.6) is 0 Å². The van der Waals surface area contributed by atoms with Gasteiger partial charge in [-0.15, -0.1) is 0 Å². The number of rotatable bonds is 2. The summed E-state index contributed by atoms with van der Waals surface area (Å²) < 4.78 is 15.2. The summed E-state index contributed by atoms with van der Waals surface area (Å²) in [5.41, 5.74) is 9.11. The second-order valence-corrected chi connectivity index (χ2v) is 7.28. The molecule has 5 aromatic rings. The standard InChI is InChI=1S/C23H14ClFN4O/c24-18-10-16(4-5-19(18)25)29-22(30)8-3-15-12-27-20-6-1-13(9-17(20)23(15)29)14-2-7-21(26)28-11-14/h1-12H,(H2,26,28). The Labute approximate surface area is 175 Å². The number of halogens is 2. The van der Waals surface area contributed by atoms with Gasteiger partial charge in [-0.25, -0.2) is 9.37 Å². The van der Waals surface area contributed by atoms with E-state index < -0.39 is 5.82 Å². The van der Waals surface area contributed by atoms with Crippen LogP contribution in [0.4, 0.5) is 10.2 Å². The van der Waals surface area contributed by atoms with E-state index in [2.05, 4.69) is 9.97 Å². The van der Waals surface area contributed by atoms with E-state index >= 15 is 0 Å². The Morgan fingerprint density at radius 1 is 0.900 bits per heavy atom. The average molecular weight is 417 g/mol. The molecule has 0 saturated carbocycles. The molecule has 146 valence electrons. The third-order valence-corrected chi connectivity index (χ3v) is 5.29. The molecule has 0 aliphatic heterocycles. The number of fused-ring (bicyclic) bond motifs is 3. The highest BCUT2D eigenvalue weighted by Crippen LogP contribution is 2.30. The number of hydrogen-bond acceptors (Lipinski definition) is 4. The molecular formula is C23H14ClFN4O. The Bertz CT molecular complexity index is 1500. The van der Waals surface area contributed by atoms with E-state index in [4.69, 9.17) is 17.3 Å². The first-order valence-corrected chi connectivity index (χ1v) is 9.51. The van der Waals surface area contributed by atoms with E-state index in [1.165, 1.54) is 28.8 Å². The SMILES string of the molecule is Nc1ccc(-c2ccc3ncc4ccc(=O)n(-c5ccc(F)c(Cl)c5)c4c3c2)cn1. The molecule has 0 fully saturated rings. The zero-order chi connectivity index (χ0) is 20.8. The molecule has 0 unspecified atom stereocenters. The summed E-state index contributed by atoms with van der Waals surface area (Å²) in [5, 5.41) is 1.50. The van der Waals surface area contributed by atoms with Crippen LogP contribution in [-0.4, -0.2) is 14.5 Å². The molecule has 2 aromatic carbocycles. The fraction of sp³-hybridized carbons (Fsp3) is 0. The molecule has 0 bridgehead atoms. The van der Waals surface area contributed by atoms with Gasteiger partial charge >= 0.3 is 0 Å². The van der Waals surface area contributed by atoms with Gasteiger partial charge in [-0.05, 0) is 54.1 Å². The molecule has 5 nitrogen and oxygen atoms in total. The van der Waals surface area contributed by atoms with Gasteiger partial charge in [-0.2, -0.15) is 0 Å². The number of aromatic nitrogens is 3. The molecule has 0 aliphatic rings. The van der Waals surface area contributed by atoms with Gasteiger partial charge < -0.3 is 5.73 Å². The maximum absolute atomic E-state index is 13.7. The van der Waals surface area contributed by atoms with Gasteiger partial charge in [-0.1, -0.05) is 17.7 Å². The van der Waals surface area contributed by atoms with Gasteiger partial charge in [0.2, 0.25) is 0 Å². The molecule has 0 atom stereocenters. The molecule has 2 N–H and O–H groups in total. The Balaban J connectivity index is 1.86. The van der Waals surface area contributed by atoms with E-state index in [0.29, 0.717) is 17.0 Å². The molecular weight excluding hydrogens is 403 g/mol. The van der Waals surface area contributed by atoms with Gasteiger partial charge in [0.05, 0.1) is 21.7 Å². The minimum Gasteiger partial charge on any atom is -0.384 e. The zero-order valence-corrected chi connectivity index (χ0v) is 16.3. The summed E-state index contributed by atoms with van der Waals surface area (Å²) in [5.74, 6) is -0.105. The lowest BCUT2D eigenvalue weighted by Crippen LogP contribution is -2.17. The van der Waals surface area contributed by atoms with Crippen LogP contribution in [-0.2, 0) is 0 Å². The normalized spacial score (nSPS) is 11.3. The number of nitrogen functional groups attached to an aromatic ring is 1. The molecule has 7 heteroatoms. The maximum atomic E-state index is 13.7. The van der Waals surface area contributed by atoms with Crippen LogP contribution in [0.25, 0.3) is 38.6 Å². The quantitative estimate of drug-likeness (QED) is 0.412. The molecule has 0 radical (unpaired) electrons. The van der Waals surface area contributed by atoms with Crippen molar-refractivity contribution in [2.75, 3.05) is 5.73 Å². The van der Waals surface area contributed by atoms with Crippen LogP contribution in [0.2, 0.25) is 5.02 Å². The number of pyridine rings is 3.